The summed E-state index contributed by atoms with van der Waals surface area (Å²) in [6, 6.07) is 0. The number of carboxylic acid groups (broad SMARTS) is 1. The zero-order valence-corrected chi connectivity index (χ0v) is 15.2. The first-order valence-corrected chi connectivity index (χ1v) is 10.0. The topological polar surface area (TPSA) is 150 Å². The van der Waals surface area contributed by atoms with Crippen molar-refractivity contribution in [2.75, 3.05) is 26.2 Å². The van der Waals surface area contributed by atoms with Crippen LogP contribution in [-0.2, 0) is 14.8 Å². The largest absolute Gasteiger partial charge is 0.478 e. The monoisotopic (exact) mass is 385 g/mol. The number of carbonyl (C=O) groups is 2. The number of H-pyrrole nitrogens is 1. The summed E-state index contributed by atoms with van der Waals surface area (Å²) < 4.78 is 26.8. The van der Waals surface area contributed by atoms with E-state index in [0.717, 1.165) is 38.5 Å². The van der Waals surface area contributed by atoms with Gasteiger partial charge in [-0.1, -0.05) is 6.42 Å². The van der Waals surface area contributed by atoms with Gasteiger partial charge in [0, 0.05) is 13.1 Å². The van der Waals surface area contributed by atoms with Crippen LogP contribution in [0.1, 0.15) is 42.5 Å². The van der Waals surface area contributed by atoms with Crippen molar-refractivity contribution in [3.63, 3.8) is 0 Å². The third-order valence-electron chi connectivity index (χ3n) is 5.40. The highest BCUT2D eigenvalue weighted by atomic mass is 32.2. The molecule has 2 aliphatic heterocycles. The second kappa shape index (κ2) is 6.97. The first kappa shape index (κ1) is 18.8. The molecule has 1 amide bonds. The molecule has 2 fully saturated rings. The molecule has 0 atom stereocenters. The lowest BCUT2D eigenvalue weighted by Crippen LogP contribution is -2.63. The summed E-state index contributed by atoms with van der Waals surface area (Å²) in [6.45, 7) is 1.75. The van der Waals surface area contributed by atoms with Gasteiger partial charge in [-0.3, -0.25) is 14.8 Å². The van der Waals surface area contributed by atoms with E-state index in [0.29, 0.717) is 0 Å². The van der Waals surface area contributed by atoms with Crippen molar-refractivity contribution in [2.24, 2.45) is 5.73 Å². The van der Waals surface area contributed by atoms with Crippen LogP contribution in [0.25, 0.3) is 0 Å². The third kappa shape index (κ3) is 3.10. The van der Waals surface area contributed by atoms with Crippen LogP contribution in [0.5, 0.6) is 0 Å². The lowest BCUT2D eigenvalue weighted by Gasteiger charge is -2.47. The van der Waals surface area contributed by atoms with E-state index in [4.69, 9.17) is 10.8 Å². The van der Waals surface area contributed by atoms with Crippen LogP contribution >= 0.6 is 0 Å². The van der Waals surface area contributed by atoms with Gasteiger partial charge in [0.05, 0.1) is 6.20 Å². The second-order valence-electron chi connectivity index (χ2n) is 6.77. The van der Waals surface area contributed by atoms with Gasteiger partial charge in [0.1, 0.15) is 11.1 Å². The number of likely N-dealkylation sites (tertiary alicyclic amines) is 1. The molecule has 144 valence electrons. The van der Waals surface area contributed by atoms with Crippen molar-refractivity contribution < 1.29 is 23.1 Å². The molecule has 26 heavy (non-hydrogen) atoms. The number of piperidine rings is 2. The zero-order chi connectivity index (χ0) is 18.9. The summed E-state index contributed by atoms with van der Waals surface area (Å²) in [4.78, 5) is 25.5. The summed E-state index contributed by atoms with van der Waals surface area (Å²) >= 11 is 0. The number of aromatic amines is 1. The number of sulfonamides is 1. The molecule has 11 heteroatoms. The fourth-order valence-electron chi connectivity index (χ4n) is 3.89. The lowest BCUT2D eigenvalue weighted by molar-refractivity contribution is -0.134. The van der Waals surface area contributed by atoms with Crippen LogP contribution in [0.3, 0.4) is 0 Å². The Hall–Kier alpha value is -1.98. The van der Waals surface area contributed by atoms with E-state index in [1.54, 1.807) is 0 Å². The molecule has 1 aromatic heterocycles. The number of primary amides is 1. The van der Waals surface area contributed by atoms with Gasteiger partial charge >= 0.3 is 5.97 Å². The van der Waals surface area contributed by atoms with E-state index in [-0.39, 0.29) is 25.9 Å². The van der Waals surface area contributed by atoms with Crippen LogP contribution < -0.4 is 5.73 Å². The van der Waals surface area contributed by atoms with E-state index in [1.165, 1.54) is 4.31 Å². The SMILES string of the molecule is NC(=O)C1(N2CCCCC2)CCN(S(=O)(=O)c2[nH]ncc2C(=O)O)CC1. The average molecular weight is 385 g/mol. The summed E-state index contributed by atoms with van der Waals surface area (Å²) in [6.07, 6.45) is 4.65. The van der Waals surface area contributed by atoms with Gasteiger partial charge in [0.15, 0.2) is 5.03 Å². The van der Waals surface area contributed by atoms with Gasteiger partial charge in [0.2, 0.25) is 5.91 Å². The Kier molecular flexibility index (Phi) is 5.04. The molecular weight excluding hydrogens is 362 g/mol. The second-order valence-corrected chi connectivity index (χ2v) is 8.64. The van der Waals surface area contributed by atoms with Crippen LogP contribution in [0, 0.1) is 0 Å². The zero-order valence-electron chi connectivity index (χ0n) is 14.3. The Morgan fingerprint density at radius 2 is 1.77 bits per heavy atom. The van der Waals surface area contributed by atoms with E-state index in [1.807, 2.05) is 0 Å². The first-order chi connectivity index (χ1) is 12.3. The van der Waals surface area contributed by atoms with Crippen molar-refractivity contribution >= 4 is 21.9 Å². The molecule has 2 saturated heterocycles. The molecule has 0 aromatic carbocycles. The molecule has 0 radical (unpaired) electrons. The Morgan fingerprint density at radius 3 is 2.31 bits per heavy atom. The van der Waals surface area contributed by atoms with E-state index >= 15 is 0 Å². The number of nitrogens with one attached hydrogen (secondary N) is 1. The summed E-state index contributed by atoms with van der Waals surface area (Å²) in [7, 11) is -4.04. The van der Waals surface area contributed by atoms with E-state index in [9.17, 15) is 18.0 Å². The highest BCUT2D eigenvalue weighted by Gasteiger charge is 2.47. The standard InChI is InChI=1S/C15H23N5O5S/c16-14(23)15(19-6-2-1-3-7-19)4-8-20(9-5-15)26(24,25)12-11(13(21)22)10-17-18-12/h10H,1-9H2,(H2,16,23)(H,17,18)(H,21,22). The molecule has 1 aromatic rings. The molecule has 3 rings (SSSR count). The highest BCUT2D eigenvalue weighted by Crippen LogP contribution is 2.33. The smallest absolute Gasteiger partial charge is 0.340 e. The molecule has 0 bridgehead atoms. The number of hydrogen-bond acceptors (Lipinski definition) is 6. The minimum Gasteiger partial charge on any atom is -0.478 e. The molecule has 0 saturated carbocycles. The first-order valence-electron chi connectivity index (χ1n) is 8.61. The number of aromatic carboxylic acids is 1. The molecule has 0 unspecified atom stereocenters. The van der Waals surface area contributed by atoms with Crippen molar-refractivity contribution in [3.05, 3.63) is 11.8 Å². The molecular formula is C15H23N5O5S. The number of aromatic nitrogens is 2. The number of carboxylic acids is 1. The van der Waals surface area contributed by atoms with Gasteiger partial charge in [-0.05, 0) is 38.8 Å². The quantitative estimate of drug-likeness (QED) is 0.624. The number of nitrogens with two attached hydrogens (primary N) is 1. The van der Waals surface area contributed by atoms with Gasteiger partial charge in [0.25, 0.3) is 10.0 Å². The minimum atomic E-state index is -4.04. The summed E-state index contributed by atoms with van der Waals surface area (Å²) in [5.74, 6) is -1.79. The number of amides is 1. The van der Waals surface area contributed by atoms with Crippen molar-refractivity contribution in [2.45, 2.75) is 42.7 Å². The molecule has 3 heterocycles. The van der Waals surface area contributed by atoms with Crippen LogP contribution in [0.2, 0.25) is 0 Å². The minimum absolute atomic E-state index is 0.0971. The van der Waals surface area contributed by atoms with Crippen LogP contribution in [0.15, 0.2) is 11.2 Å². The molecule has 0 spiro atoms. The number of rotatable bonds is 5. The fourth-order valence-corrected chi connectivity index (χ4v) is 5.40. The van der Waals surface area contributed by atoms with E-state index < -0.39 is 38.0 Å². The Labute approximate surface area is 151 Å². The Morgan fingerprint density at radius 1 is 1.15 bits per heavy atom. The van der Waals surface area contributed by atoms with Crippen LogP contribution in [-0.4, -0.2) is 76.5 Å². The lowest BCUT2D eigenvalue weighted by atomic mass is 9.84. The van der Waals surface area contributed by atoms with Gasteiger partial charge in [-0.2, -0.15) is 9.40 Å². The highest BCUT2D eigenvalue weighted by molar-refractivity contribution is 7.89. The normalized spacial score (nSPS) is 22.2. The summed E-state index contributed by atoms with van der Waals surface area (Å²) in [5, 5.41) is 14.5. The van der Waals surface area contributed by atoms with Gasteiger partial charge in [-0.25, -0.2) is 13.2 Å². The van der Waals surface area contributed by atoms with Crippen molar-refractivity contribution in [1.29, 1.82) is 0 Å². The van der Waals surface area contributed by atoms with Gasteiger partial charge in [-0.15, -0.1) is 0 Å². The molecule has 2 aliphatic rings. The number of nitrogens with zero attached hydrogens (tertiary/aromatic N) is 3. The fraction of sp³-hybridized carbons (Fsp3) is 0.667. The maximum absolute atomic E-state index is 12.8. The Bertz CT molecular complexity index is 791. The summed E-state index contributed by atoms with van der Waals surface area (Å²) in [5.41, 5.74) is 4.47. The average Bonchev–Trinajstić information content (AvgIpc) is 3.13. The third-order valence-corrected chi connectivity index (χ3v) is 7.27. The maximum atomic E-state index is 12.8. The van der Waals surface area contributed by atoms with Gasteiger partial charge < -0.3 is 10.8 Å². The molecule has 4 N–H and O–H groups in total. The maximum Gasteiger partial charge on any atom is 0.340 e. The number of hydrogen-bond donors (Lipinski definition) is 3. The predicted molar refractivity (Wildman–Crippen MR) is 90.9 cm³/mol. The Balaban J connectivity index is 1.81. The van der Waals surface area contributed by atoms with Crippen molar-refractivity contribution in [3.8, 4) is 0 Å². The van der Waals surface area contributed by atoms with Crippen molar-refractivity contribution in [1.82, 2.24) is 19.4 Å². The van der Waals surface area contributed by atoms with Crippen LogP contribution in [0.4, 0.5) is 0 Å². The predicted octanol–water partition coefficient (Wildman–Crippen LogP) is -0.398. The van der Waals surface area contributed by atoms with E-state index in [2.05, 4.69) is 15.1 Å². The molecule has 10 nitrogen and oxygen atoms in total. The molecule has 0 aliphatic carbocycles. The number of carbonyl (C=O) groups excluding carboxylic acids is 1.